The van der Waals surface area contributed by atoms with Crippen molar-refractivity contribution in [3.8, 4) is 0 Å². The van der Waals surface area contributed by atoms with Crippen LogP contribution in [0.15, 0.2) is 23.8 Å². The summed E-state index contributed by atoms with van der Waals surface area (Å²) in [6, 6.07) is 0. The second-order valence-corrected chi connectivity index (χ2v) is 8.38. The highest BCUT2D eigenvalue weighted by Gasteiger charge is 2.59. The minimum absolute atomic E-state index is 0.000945. The van der Waals surface area contributed by atoms with Crippen molar-refractivity contribution in [3.05, 3.63) is 23.8 Å². The molecule has 1 aliphatic heterocycles. The van der Waals surface area contributed by atoms with E-state index in [9.17, 15) is 19.8 Å². The Labute approximate surface area is 148 Å². The van der Waals surface area contributed by atoms with E-state index < -0.39 is 17.5 Å². The number of esters is 1. The van der Waals surface area contributed by atoms with E-state index in [1.165, 1.54) is 0 Å². The molecule has 0 radical (unpaired) electrons. The van der Waals surface area contributed by atoms with Crippen LogP contribution in [-0.2, 0) is 14.3 Å². The van der Waals surface area contributed by atoms with Crippen LogP contribution in [0.5, 0.6) is 0 Å². The quantitative estimate of drug-likeness (QED) is 0.601. The number of carbonyl (C=O) groups is 2. The van der Waals surface area contributed by atoms with Gasteiger partial charge in [-0.25, -0.2) is 4.79 Å². The number of aliphatic hydroxyl groups is 2. The van der Waals surface area contributed by atoms with Crippen LogP contribution >= 0.6 is 0 Å². The van der Waals surface area contributed by atoms with E-state index in [0.29, 0.717) is 24.8 Å². The molecular formula is C20H28O5. The van der Waals surface area contributed by atoms with Gasteiger partial charge in [0.1, 0.15) is 12.4 Å². The van der Waals surface area contributed by atoms with Crippen molar-refractivity contribution >= 4 is 11.8 Å². The summed E-state index contributed by atoms with van der Waals surface area (Å²) in [6.07, 6.45) is 3.99. The van der Waals surface area contributed by atoms with Crippen LogP contribution in [0.4, 0.5) is 0 Å². The van der Waals surface area contributed by atoms with Crippen LogP contribution in [0.3, 0.4) is 0 Å². The standard InChI is InChI=1S/C20H28O5/c1-12-4-5-15-19(2,8-6-16(23)20(15,3)11-21)17(12)14(22)10-13-7-9-25-18(13)24/h7,15-17,21,23H,1,4-6,8-11H2,2-3H3. The van der Waals surface area contributed by atoms with Crippen molar-refractivity contribution in [2.24, 2.45) is 22.7 Å². The first-order valence-corrected chi connectivity index (χ1v) is 9.09. The fourth-order valence-electron chi connectivity index (χ4n) is 5.52. The predicted molar refractivity (Wildman–Crippen MR) is 92.6 cm³/mol. The molecule has 1 heterocycles. The first-order valence-electron chi connectivity index (χ1n) is 9.09. The highest BCUT2D eigenvalue weighted by Crippen LogP contribution is 2.61. The van der Waals surface area contributed by atoms with E-state index >= 15 is 0 Å². The van der Waals surface area contributed by atoms with Crippen LogP contribution in [0.1, 0.15) is 46.0 Å². The molecule has 0 aromatic carbocycles. The number of rotatable bonds is 4. The molecular weight excluding hydrogens is 320 g/mol. The molecule has 5 unspecified atom stereocenters. The smallest absolute Gasteiger partial charge is 0.334 e. The molecule has 3 aliphatic rings. The molecule has 138 valence electrons. The Kier molecular flexibility index (Phi) is 4.67. The fourth-order valence-corrected chi connectivity index (χ4v) is 5.52. The maximum atomic E-state index is 13.1. The van der Waals surface area contributed by atoms with Crippen LogP contribution in [0.2, 0.25) is 0 Å². The molecule has 0 amide bonds. The molecule has 2 aliphatic carbocycles. The summed E-state index contributed by atoms with van der Waals surface area (Å²) in [5.74, 6) is -0.716. The number of fused-ring (bicyclic) bond motifs is 1. The number of ether oxygens (including phenoxy) is 1. The normalized spacial score (nSPS) is 41.1. The number of cyclic esters (lactones) is 1. The summed E-state index contributed by atoms with van der Waals surface area (Å²) in [5.41, 5.74) is 0.376. The topological polar surface area (TPSA) is 83.8 Å². The number of hydrogen-bond acceptors (Lipinski definition) is 5. The Morgan fingerprint density at radius 3 is 2.72 bits per heavy atom. The Morgan fingerprint density at radius 2 is 2.12 bits per heavy atom. The van der Waals surface area contributed by atoms with Gasteiger partial charge in [0.25, 0.3) is 0 Å². The Balaban J connectivity index is 1.91. The molecule has 5 nitrogen and oxygen atoms in total. The van der Waals surface area contributed by atoms with Crippen LogP contribution < -0.4 is 0 Å². The molecule has 5 atom stereocenters. The minimum atomic E-state index is -0.613. The first-order chi connectivity index (χ1) is 11.7. The summed E-state index contributed by atoms with van der Waals surface area (Å²) in [4.78, 5) is 24.8. The maximum Gasteiger partial charge on any atom is 0.334 e. The fraction of sp³-hybridized carbons (Fsp3) is 0.700. The van der Waals surface area contributed by atoms with Crippen LogP contribution in [0, 0.1) is 22.7 Å². The van der Waals surface area contributed by atoms with Gasteiger partial charge in [0, 0.05) is 23.3 Å². The average molecular weight is 348 g/mol. The minimum Gasteiger partial charge on any atom is -0.458 e. The number of ketones is 1. The summed E-state index contributed by atoms with van der Waals surface area (Å²) in [5, 5.41) is 20.5. The SMILES string of the molecule is C=C1CCC2C(C)(CO)C(O)CCC2(C)C1C(=O)CC1=CCOC1=O. The van der Waals surface area contributed by atoms with E-state index in [2.05, 4.69) is 13.5 Å². The molecule has 2 fully saturated rings. The number of allylic oxidation sites excluding steroid dienone is 1. The number of hydrogen-bond donors (Lipinski definition) is 2. The highest BCUT2D eigenvalue weighted by molar-refractivity contribution is 5.98. The zero-order chi connectivity index (χ0) is 18.4. The molecule has 0 spiro atoms. The second kappa shape index (κ2) is 6.36. The van der Waals surface area contributed by atoms with Crippen LogP contribution in [-0.4, -0.2) is 41.3 Å². The van der Waals surface area contributed by atoms with Gasteiger partial charge in [-0.15, -0.1) is 0 Å². The van der Waals surface area contributed by atoms with Crippen molar-refractivity contribution in [3.63, 3.8) is 0 Å². The summed E-state index contributed by atoms with van der Waals surface area (Å²) >= 11 is 0. The van der Waals surface area contributed by atoms with E-state index in [1.807, 2.05) is 6.92 Å². The maximum absolute atomic E-state index is 13.1. The molecule has 0 bridgehead atoms. The summed E-state index contributed by atoms with van der Waals surface area (Å²) in [6.45, 7) is 8.31. The van der Waals surface area contributed by atoms with Gasteiger partial charge in [-0.05, 0) is 43.1 Å². The second-order valence-electron chi connectivity index (χ2n) is 8.38. The number of carbonyl (C=O) groups excluding carboxylic acids is 2. The molecule has 2 N–H and O–H groups in total. The lowest BCUT2D eigenvalue weighted by molar-refractivity contribution is -0.160. The van der Waals surface area contributed by atoms with Gasteiger partial charge in [-0.2, -0.15) is 0 Å². The molecule has 0 aromatic heterocycles. The van der Waals surface area contributed by atoms with Gasteiger partial charge in [0.15, 0.2) is 0 Å². The molecule has 25 heavy (non-hydrogen) atoms. The Morgan fingerprint density at radius 1 is 1.40 bits per heavy atom. The van der Waals surface area contributed by atoms with E-state index in [-0.39, 0.29) is 42.7 Å². The van der Waals surface area contributed by atoms with Crippen molar-refractivity contribution < 1.29 is 24.5 Å². The zero-order valence-electron chi connectivity index (χ0n) is 15.1. The van der Waals surface area contributed by atoms with Gasteiger partial charge >= 0.3 is 5.97 Å². The van der Waals surface area contributed by atoms with Gasteiger partial charge in [0.2, 0.25) is 0 Å². The van der Waals surface area contributed by atoms with E-state index in [4.69, 9.17) is 4.74 Å². The van der Waals surface area contributed by atoms with Crippen molar-refractivity contribution in [2.75, 3.05) is 13.2 Å². The monoisotopic (exact) mass is 348 g/mol. The molecule has 0 saturated heterocycles. The number of aliphatic hydroxyl groups excluding tert-OH is 2. The van der Waals surface area contributed by atoms with Crippen molar-refractivity contribution in [2.45, 2.75) is 52.1 Å². The zero-order valence-corrected chi connectivity index (χ0v) is 15.1. The predicted octanol–water partition coefficient (Wildman–Crippen LogP) is 2.17. The van der Waals surface area contributed by atoms with Gasteiger partial charge in [-0.1, -0.05) is 26.0 Å². The lowest BCUT2D eigenvalue weighted by atomic mass is 9.46. The van der Waals surface area contributed by atoms with Gasteiger partial charge in [-0.3, -0.25) is 4.79 Å². The largest absolute Gasteiger partial charge is 0.458 e. The van der Waals surface area contributed by atoms with E-state index in [0.717, 1.165) is 12.0 Å². The lowest BCUT2D eigenvalue weighted by Crippen LogP contribution is -2.58. The summed E-state index contributed by atoms with van der Waals surface area (Å²) in [7, 11) is 0. The summed E-state index contributed by atoms with van der Waals surface area (Å²) < 4.78 is 4.90. The Hall–Kier alpha value is -1.46. The lowest BCUT2D eigenvalue weighted by Gasteiger charge is -2.59. The first kappa shape index (κ1) is 18.3. The van der Waals surface area contributed by atoms with Gasteiger partial charge in [0.05, 0.1) is 12.7 Å². The average Bonchev–Trinajstić information content (AvgIpc) is 2.96. The molecule has 3 rings (SSSR count). The Bertz CT molecular complexity index is 636. The van der Waals surface area contributed by atoms with Crippen molar-refractivity contribution in [1.82, 2.24) is 0 Å². The van der Waals surface area contributed by atoms with Crippen molar-refractivity contribution in [1.29, 1.82) is 0 Å². The molecule has 2 saturated carbocycles. The third-order valence-corrected chi connectivity index (χ3v) is 6.97. The highest BCUT2D eigenvalue weighted by atomic mass is 16.5. The number of Topliss-reactive ketones (excluding diaryl/α,β-unsaturated/α-hetero) is 1. The van der Waals surface area contributed by atoms with E-state index in [1.54, 1.807) is 6.08 Å². The molecule has 5 heteroatoms. The van der Waals surface area contributed by atoms with Gasteiger partial charge < -0.3 is 14.9 Å². The third kappa shape index (κ3) is 2.77. The van der Waals surface area contributed by atoms with Crippen LogP contribution in [0.25, 0.3) is 0 Å². The third-order valence-electron chi connectivity index (χ3n) is 6.97. The molecule has 0 aromatic rings.